The summed E-state index contributed by atoms with van der Waals surface area (Å²) in [4.78, 5) is 17.2. The standard InChI is InChI=1S/C19H14N2O2S/c22-17(23)8-13-9-21-10-16(20-19(21)24-13)14-7-6-12-5-4-11-2-1-3-15(14)18(11)12/h1-3,6-7,9-10H,4-5,8H2,(H,22,23). The van der Waals surface area contributed by atoms with E-state index in [4.69, 9.17) is 10.1 Å². The normalized spacial score (nSPS) is 13.2. The first-order valence-electron chi connectivity index (χ1n) is 7.92. The molecule has 1 aliphatic rings. The lowest BCUT2D eigenvalue weighted by Gasteiger charge is -2.06. The third-order valence-electron chi connectivity index (χ3n) is 4.68. The lowest BCUT2D eigenvalue weighted by molar-refractivity contribution is -0.136. The number of nitrogens with zero attached hydrogens (tertiary/aromatic N) is 2. The zero-order valence-electron chi connectivity index (χ0n) is 12.8. The average molecular weight is 334 g/mol. The number of aryl methyl sites for hydroxylation is 2. The number of carboxylic acid groups (broad SMARTS) is 1. The van der Waals surface area contributed by atoms with Crippen molar-refractivity contribution in [3.05, 3.63) is 58.7 Å². The van der Waals surface area contributed by atoms with Crippen molar-refractivity contribution in [3.63, 3.8) is 0 Å². The van der Waals surface area contributed by atoms with Crippen LogP contribution in [-0.2, 0) is 24.1 Å². The molecule has 5 heteroatoms. The van der Waals surface area contributed by atoms with E-state index in [0.29, 0.717) is 0 Å². The Labute approximate surface area is 142 Å². The molecule has 0 aliphatic heterocycles. The lowest BCUT2D eigenvalue weighted by Crippen LogP contribution is -1.97. The van der Waals surface area contributed by atoms with Crippen molar-refractivity contribution in [3.8, 4) is 11.3 Å². The van der Waals surface area contributed by atoms with E-state index < -0.39 is 5.97 Å². The predicted molar refractivity (Wildman–Crippen MR) is 94.8 cm³/mol. The molecule has 1 aliphatic carbocycles. The lowest BCUT2D eigenvalue weighted by atomic mass is 9.98. The molecule has 1 N–H and O–H groups in total. The van der Waals surface area contributed by atoms with E-state index in [2.05, 4.69) is 30.3 Å². The second kappa shape index (κ2) is 4.92. The van der Waals surface area contributed by atoms with Crippen LogP contribution < -0.4 is 0 Å². The summed E-state index contributed by atoms with van der Waals surface area (Å²) in [5.41, 5.74) is 4.94. The van der Waals surface area contributed by atoms with Crippen molar-refractivity contribution in [2.45, 2.75) is 19.3 Å². The van der Waals surface area contributed by atoms with Crippen molar-refractivity contribution in [2.24, 2.45) is 0 Å². The summed E-state index contributed by atoms with van der Waals surface area (Å²) in [6, 6.07) is 10.9. The molecule has 0 radical (unpaired) electrons. The van der Waals surface area contributed by atoms with Gasteiger partial charge in [0.05, 0.1) is 12.1 Å². The number of aromatic nitrogens is 2. The molecule has 0 bridgehead atoms. The number of aliphatic carboxylic acids is 1. The Balaban J connectivity index is 1.67. The molecule has 2 aromatic heterocycles. The van der Waals surface area contributed by atoms with E-state index >= 15 is 0 Å². The van der Waals surface area contributed by atoms with E-state index in [1.807, 2.05) is 16.8 Å². The van der Waals surface area contributed by atoms with Gasteiger partial charge in [0.15, 0.2) is 4.96 Å². The van der Waals surface area contributed by atoms with Gasteiger partial charge in [0.25, 0.3) is 0 Å². The molecule has 0 fully saturated rings. The SMILES string of the molecule is O=C(O)Cc1cn2cc(-c3ccc4c5c(cccc35)CC4)nc2s1. The second-order valence-electron chi connectivity index (χ2n) is 6.20. The van der Waals surface area contributed by atoms with Crippen molar-refractivity contribution in [2.75, 3.05) is 0 Å². The number of rotatable bonds is 3. The van der Waals surface area contributed by atoms with Crippen LogP contribution in [0.3, 0.4) is 0 Å². The largest absolute Gasteiger partial charge is 0.481 e. The summed E-state index contributed by atoms with van der Waals surface area (Å²) in [6.45, 7) is 0. The van der Waals surface area contributed by atoms with Crippen LogP contribution in [0.4, 0.5) is 0 Å². The Morgan fingerprint density at radius 2 is 2.00 bits per heavy atom. The number of carboxylic acids is 1. The van der Waals surface area contributed by atoms with Crippen molar-refractivity contribution < 1.29 is 9.90 Å². The van der Waals surface area contributed by atoms with Gasteiger partial charge < -0.3 is 5.11 Å². The van der Waals surface area contributed by atoms with Crippen molar-refractivity contribution in [1.29, 1.82) is 0 Å². The molecule has 118 valence electrons. The Bertz CT molecular complexity index is 1080. The van der Waals surface area contributed by atoms with Crippen LogP contribution in [0, 0.1) is 0 Å². The predicted octanol–water partition coefficient (Wildman–Crippen LogP) is 3.94. The van der Waals surface area contributed by atoms with E-state index in [1.54, 1.807) is 0 Å². The van der Waals surface area contributed by atoms with Crippen molar-refractivity contribution >= 4 is 33.0 Å². The van der Waals surface area contributed by atoms with Crippen molar-refractivity contribution in [1.82, 2.24) is 9.38 Å². The molecular formula is C19H14N2O2S. The Morgan fingerprint density at radius 1 is 1.17 bits per heavy atom. The van der Waals surface area contributed by atoms with Gasteiger partial charge in [0, 0.05) is 22.8 Å². The van der Waals surface area contributed by atoms with Gasteiger partial charge in [-0.25, -0.2) is 4.98 Å². The number of thiazole rings is 1. The van der Waals surface area contributed by atoms with Gasteiger partial charge in [-0.2, -0.15) is 0 Å². The molecule has 0 unspecified atom stereocenters. The molecule has 0 spiro atoms. The molecular weight excluding hydrogens is 320 g/mol. The van der Waals surface area contributed by atoms with Gasteiger partial charge in [0.1, 0.15) is 0 Å². The molecule has 0 atom stereocenters. The minimum absolute atomic E-state index is 0.0460. The molecule has 0 saturated heterocycles. The Hall–Kier alpha value is -2.66. The zero-order chi connectivity index (χ0) is 16.3. The van der Waals surface area contributed by atoms with Gasteiger partial charge in [-0.15, -0.1) is 11.3 Å². The first kappa shape index (κ1) is 13.7. The maximum absolute atomic E-state index is 10.8. The van der Waals surface area contributed by atoms with E-state index in [-0.39, 0.29) is 6.42 Å². The summed E-state index contributed by atoms with van der Waals surface area (Å²) >= 11 is 1.44. The molecule has 5 rings (SSSR count). The Morgan fingerprint density at radius 3 is 2.79 bits per heavy atom. The third-order valence-corrected chi connectivity index (χ3v) is 5.68. The highest BCUT2D eigenvalue weighted by Gasteiger charge is 2.18. The number of imidazole rings is 1. The molecule has 0 amide bonds. The van der Waals surface area contributed by atoms with Gasteiger partial charge in [-0.1, -0.05) is 30.3 Å². The maximum Gasteiger partial charge on any atom is 0.308 e. The first-order chi connectivity index (χ1) is 11.7. The van der Waals surface area contributed by atoms with Gasteiger partial charge in [0.2, 0.25) is 0 Å². The highest BCUT2D eigenvalue weighted by molar-refractivity contribution is 7.17. The molecule has 2 aromatic carbocycles. The average Bonchev–Trinajstić information content (AvgIpc) is 3.21. The van der Waals surface area contributed by atoms with E-state index in [0.717, 1.165) is 33.9 Å². The first-order valence-corrected chi connectivity index (χ1v) is 8.74. The summed E-state index contributed by atoms with van der Waals surface area (Å²) in [5.74, 6) is -0.813. The van der Waals surface area contributed by atoms with E-state index in [1.165, 1.54) is 33.2 Å². The van der Waals surface area contributed by atoms with Crippen LogP contribution >= 0.6 is 11.3 Å². The molecule has 4 nitrogen and oxygen atoms in total. The molecule has 0 saturated carbocycles. The maximum atomic E-state index is 10.8. The molecule has 2 heterocycles. The van der Waals surface area contributed by atoms with Gasteiger partial charge in [-0.05, 0) is 34.7 Å². The fraction of sp³-hybridized carbons (Fsp3) is 0.158. The minimum Gasteiger partial charge on any atom is -0.481 e. The fourth-order valence-electron chi connectivity index (χ4n) is 3.67. The summed E-state index contributed by atoms with van der Waals surface area (Å²) in [5, 5.41) is 11.6. The highest BCUT2D eigenvalue weighted by Crippen LogP contribution is 2.37. The van der Waals surface area contributed by atoms with Crippen LogP contribution in [-0.4, -0.2) is 20.5 Å². The van der Waals surface area contributed by atoms with E-state index in [9.17, 15) is 4.79 Å². The molecule has 4 aromatic rings. The number of fused-ring (bicyclic) bond motifs is 1. The number of hydrogen-bond donors (Lipinski definition) is 1. The summed E-state index contributed by atoms with van der Waals surface area (Å²) in [7, 11) is 0. The minimum atomic E-state index is -0.813. The summed E-state index contributed by atoms with van der Waals surface area (Å²) in [6.07, 6.45) is 6.14. The molecule has 24 heavy (non-hydrogen) atoms. The second-order valence-corrected chi connectivity index (χ2v) is 7.29. The number of hydrogen-bond acceptors (Lipinski definition) is 3. The quantitative estimate of drug-likeness (QED) is 0.617. The van der Waals surface area contributed by atoms with Crippen LogP contribution in [0.5, 0.6) is 0 Å². The number of benzene rings is 2. The zero-order valence-corrected chi connectivity index (χ0v) is 13.6. The summed E-state index contributed by atoms with van der Waals surface area (Å²) < 4.78 is 1.93. The van der Waals surface area contributed by atoms with Gasteiger partial charge in [-0.3, -0.25) is 9.20 Å². The van der Waals surface area contributed by atoms with Crippen LogP contribution in [0.15, 0.2) is 42.7 Å². The number of carbonyl (C=O) groups is 1. The Kier molecular flexibility index (Phi) is 2.82. The van der Waals surface area contributed by atoms with Gasteiger partial charge >= 0.3 is 5.97 Å². The monoisotopic (exact) mass is 334 g/mol. The van der Waals surface area contributed by atoms with Crippen LogP contribution in [0.25, 0.3) is 27.0 Å². The highest BCUT2D eigenvalue weighted by atomic mass is 32.1. The van der Waals surface area contributed by atoms with Crippen LogP contribution in [0.2, 0.25) is 0 Å². The fourth-order valence-corrected chi connectivity index (χ4v) is 4.63. The third kappa shape index (κ3) is 1.98. The smallest absolute Gasteiger partial charge is 0.308 e. The topological polar surface area (TPSA) is 54.6 Å². The van der Waals surface area contributed by atoms with Crippen LogP contribution in [0.1, 0.15) is 16.0 Å².